The van der Waals surface area contributed by atoms with E-state index in [1.165, 1.54) is 60.5 Å². The average Bonchev–Trinajstić information content (AvgIpc) is 3.30. The molecule has 0 bridgehead atoms. The Morgan fingerprint density at radius 2 is 1.71 bits per heavy atom. The Bertz CT molecular complexity index is 1890. The van der Waals surface area contributed by atoms with Gasteiger partial charge >= 0.3 is 0 Å². The number of para-hydroxylation sites is 1. The van der Waals surface area contributed by atoms with Crippen molar-refractivity contribution in [1.29, 1.82) is 0 Å². The van der Waals surface area contributed by atoms with Gasteiger partial charge in [-0.25, -0.2) is 0 Å². The summed E-state index contributed by atoms with van der Waals surface area (Å²) >= 11 is 0. The van der Waals surface area contributed by atoms with Gasteiger partial charge in [-0.15, -0.1) is 0 Å². The van der Waals surface area contributed by atoms with E-state index < -0.39 is 0 Å². The molecule has 5 aromatic rings. The zero-order valence-electron chi connectivity index (χ0n) is 21.9. The number of fused-ring (bicyclic) bond motifs is 6. The molecule has 2 aliphatic carbocycles. The molecule has 2 unspecified atom stereocenters. The second-order valence-corrected chi connectivity index (χ2v) is 11.5. The zero-order valence-corrected chi connectivity index (χ0v) is 21.9. The van der Waals surface area contributed by atoms with Crippen LogP contribution in [-0.4, -0.2) is 17.3 Å². The minimum absolute atomic E-state index is 0.0554. The molecule has 1 aliphatic heterocycles. The van der Waals surface area contributed by atoms with Crippen LogP contribution < -0.4 is 0 Å². The molecule has 184 valence electrons. The Morgan fingerprint density at radius 3 is 2.55 bits per heavy atom. The molecule has 0 amide bonds. The van der Waals surface area contributed by atoms with Crippen molar-refractivity contribution in [3.8, 4) is 5.69 Å². The van der Waals surface area contributed by atoms with Crippen LogP contribution in [0.5, 0.6) is 0 Å². The molecule has 0 spiro atoms. The summed E-state index contributed by atoms with van der Waals surface area (Å²) in [4.78, 5) is 4.49. The normalized spacial score (nSPS) is 21.3. The SMILES string of the molecule is CC1(C)c2cccc3cc4c5ccccc5n(-c5ccc(C6=CCCN=C6)cc5)c4c(c23)C2C=CC=CC21. The van der Waals surface area contributed by atoms with Gasteiger partial charge in [0, 0.05) is 35.1 Å². The molecule has 0 saturated carbocycles. The van der Waals surface area contributed by atoms with E-state index in [9.17, 15) is 0 Å². The summed E-state index contributed by atoms with van der Waals surface area (Å²) in [6.45, 7) is 5.74. The maximum Gasteiger partial charge on any atom is 0.0585 e. The van der Waals surface area contributed by atoms with Crippen molar-refractivity contribution >= 4 is 44.4 Å². The lowest BCUT2D eigenvalue weighted by Gasteiger charge is -2.44. The summed E-state index contributed by atoms with van der Waals surface area (Å²) in [7, 11) is 0. The summed E-state index contributed by atoms with van der Waals surface area (Å²) in [5.41, 5.74) is 9.26. The Kier molecular flexibility index (Phi) is 4.56. The molecule has 8 rings (SSSR count). The van der Waals surface area contributed by atoms with Gasteiger partial charge in [-0.3, -0.25) is 4.99 Å². The first kappa shape index (κ1) is 21.9. The van der Waals surface area contributed by atoms with Crippen LogP contribution in [0.4, 0.5) is 0 Å². The fourth-order valence-corrected chi connectivity index (χ4v) is 7.33. The molecule has 0 fully saturated rings. The van der Waals surface area contributed by atoms with Crippen molar-refractivity contribution in [2.24, 2.45) is 10.9 Å². The standard InChI is InChI=1S/C36H30N2/c1-36(2)30-13-5-3-12-28(30)34-33-24(9-7-14-31(33)36)21-29-27-11-4-6-15-32(27)38(35(29)34)26-18-16-23(17-19-26)25-10-8-20-37-22-25/h3-7,9-19,21-22,28,30H,8,20H2,1-2H3. The van der Waals surface area contributed by atoms with Crippen LogP contribution in [0, 0.1) is 5.92 Å². The number of benzene rings is 4. The molecule has 3 aliphatic rings. The Morgan fingerprint density at radius 1 is 0.868 bits per heavy atom. The van der Waals surface area contributed by atoms with Crippen molar-refractivity contribution in [3.05, 3.63) is 120 Å². The van der Waals surface area contributed by atoms with Gasteiger partial charge in [-0.1, -0.05) is 92.8 Å². The molecule has 0 radical (unpaired) electrons. The summed E-state index contributed by atoms with van der Waals surface area (Å²) in [6.07, 6.45) is 14.7. The maximum absolute atomic E-state index is 4.49. The van der Waals surface area contributed by atoms with Crippen LogP contribution in [0.1, 0.15) is 42.9 Å². The van der Waals surface area contributed by atoms with E-state index in [1.54, 1.807) is 0 Å². The first-order valence-electron chi connectivity index (χ1n) is 13.8. The lowest BCUT2D eigenvalue weighted by molar-refractivity contribution is 0.346. The molecule has 2 heterocycles. The average molecular weight is 491 g/mol. The second kappa shape index (κ2) is 7.91. The van der Waals surface area contributed by atoms with Gasteiger partial charge in [0.1, 0.15) is 0 Å². The third-order valence-electron chi connectivity index (χ3n) is 9.14. The number of nitrogens with zero attached hydrogens (tertiary/aromatic N) is 2. The van der Waals surface area contributed by atoms with Crippen LogP contribution >= 0.6 is 0 Å². The van der Waals surface area contributed by atoms with E-state index in [-0.39, 0.29) is 5.41 Å². The highest BCUT2D eigenvalue weighted by molar-refractivity contribution is 6.17. The second-order valence-electron chi connectivity index (χ2n) is 11.5. The minimum atomic E-state index is 0.0554. The summed E-state index contributed by atoms with van der Waals surface area (Å²) in [6, 6.07) is 27.3. The molecule has 2 atom stereocenters. The van der Waals surface area contributed by atoms with Crippen LogP contribution in [0.3, 0.4) is 0 Å². The molecule has 1 aromatic heterocycles. The van der Waals surface area contributed by atoms with Gasteiger partial charge in [-0.2, -0.15) is 0 Å². The van der Waals surface area contributed by atoms with Crippen molar-refractivity contribution in [2.45, 2.75) is 31.6 Å². The van der Waals surface area contributed by atoms with Gasteiger partial charge in [-0.05, 0) is 75.1 Å². The van der Waals surface area contributed by atoms with E-state index in [0.717, 1.165) is 13.0 Å². The van der Waals surface area contributed by atoms with Crippen molar-refractivity contribution in [2.75, 3.05) is 6.54 Å². The summed E-state index contributed by atoms with van der Waals surface area (Å²) < 4.78 is 2.52. The fraction of sp³-hybridized carbons (Fsp3) is 0.194. The zero-order chi connectivity index (χ0) is 25.4. The number of hydrogen-bond donors (Lipinski definition) is 0. The summed E-state index contributed by atoms with van der Waals surface area (Å²) in [5, 5.41) is 5.44. The van der Waals surface area contributed by atoms with E-state index in [2.05, 4.69) is 127 Å². The number of hydrogen-bond acceptors (Lipinski definition) is 1. The lowest BCUT2D eigenvalue weighted by Crippen LogP contribution is -2.36. The van der Waals surface area contributed by atoms with E-state index >= 15 is 0 Å². The number of aliphatic imine (C=N–C) groups is 1. The van der Waals surface area contributed by atoms with Gasteiger partial charge in [0.05, 0.1) is 11.0 Å². The van der Waals surface area contributed by atoms with Gasteiger partial charge in [0.25, 0.3) is 0 Å². The van der Waals surface area contributed by atoms with Crippen molar-refractivity contribution < 1.29 is 0 Å². The maximum atomic E-state index is 4.49. The number of allylic oxidation sites excluding steroid dienone is 5. The van der Waals surface area contributed by atoms with Crippen LogP contribution in [-0.2, 0) is 5.41 Å². The summed E-state index contributed by atoms with van der Waals surface area (Å²) in [5.74, 6) is 0.754. The van der Waals surface area contributed by atoms with E-state index in [0.29, 0.717) is 11.8 Å². The van der Waals surface area contributed by atoms with Gasteiger partial charge < -0.3 is 4.57 Å². The fourth-order valence-electron chi connectivity index (χ4n) is 7.33. The largest absolute Gasteiger partial charge is 0.309 e. The Balaban J connectivity index is 1.49. The lowest BCUT2D eigenvalue weighted by atomic mass is 9.59. The Labute approximate surface area is 223 Å². The molecule has 2 nitrogen and oxygen atoms in total. The molecule has 2 heteroatoms. The molecular weight excluding hydrogens is 460 g/mol. The van der Waals surface area contributed by atoms with Crippen LogP contribution in [0.2, 0.25) is 0 Å². The van der Waals surface area contributed by atoms with Gasteiger partial charge in [0.15, 0.2) is 0 Å². The highest BCUT2D eigenvalue weighted by Crippen LogP contribution is 2.55. The monoisotopic (exact) mass is 490 g/mol. The molecule has 0 N–H and O–H groups in total. The van der Waals surface area contributed by atoms with E-state index in [4.69, 9.17) is 0 Å². The van der Waals surface area contributed by atoms with Crippen molar-refractivity contribution in [3.63, 3.8) is 0 Å². The number of dihydropyridines is 1. The minimum Gasteiger partial charge on any atom is -0.309 e. The van der Waals surface area contributed by atoms with Gasteiger partial charge in [0.2, 0.25) is 0 Å². The predicted molar refractivity (Wildman–Crippen MR) is 162 cm³/mol. The topological polar surface area (TPSA) is 17.3 Å². The smallest absolute Gasteiger partial charge is 0.0585 e. The molecule has 4 aromatic carbocycles. The number of rotatable bonds is 2. The molecular formula is C36H30N2. The molecule has 38 heavy (non-hydrogen) atoms. The first-order chi connectivity index (χ1) is 18.6. The van der Waals surface area contributed by atoms with Crippen LogP contribution in [0.15, 0.2) is 108 Å². The van der Waals surface area contributed by atoms with Crippen molar-refractivity contribution in [1.82, 2.24) is 4.57 Å². The first-order valence-corrected chi connectivity index (χ1v) is 13.8. The Hall–Kier alpha value is -4.17. The van der Waals surface area contributed by atoms with E-state index in [1.807, 2.05) is 6.21 Å². The van der Waals surface area contributed by atoms with Crippen LogP contribution in [0.25, 0.3) is 43.8 Å². The molecule has 0 saturated heterocycles. The number of aromatic nitrogens is 1. The predicted octanol–water partition coefficient (Wildman–Crippen LogP) is 8.91. The highest BCUT2D eigenvalue weighted by Gasteiger charge is 2.43. The third-order valence-corrected chi connectivity index (χ3v) is 9.14. The third kappa shape index (κ3) is 2.92. The quantitative estimate of drug-likeness (QED) is 0.235. The highest BCUT2D eigenvalue weighted by atomic mass is 15.0.